The number of nitrogens with one attached hydrogen (secondary N) is 1. The van der Waals surface area contributed by atoms with Crippen LogP contribution in [-0.2, 0) is 10.0 Å². The fourth-order valence-electron chi connectivity index (χ4n) is 1.54. The Labute approximate surface area is 113 Å². The molecule has 0 unspecified atom stereocenters. The lowest BCUT2D eigenvalue weighted by Crippen LogP contribution is -2.44. The molecule has 116 valence electrons. The number of halogens is 3. The first-order chi connectivity index (χ1) is 8.46. The Morgan fingerprint density at radius 3 is 2.05 bits per heavy atom. The molecule has 4 nitrogen and oxygen atoms in total. The highest BCUT2D eigenvalue weighted by atomic mass is 32.2. The molecular formula is C11H23F3N2O2S. The highest BCUT2D eigenvalue weighted by molar-refractivity contribution is 7.89. The van der Waals surface area contributed by atoms with Crippen LogP contribution in [0, 0.1) is 0 Å². The fraction of sp³-hybridized carbons (Fsp3) is 1.00. The van der Waals surface area contributed by atoms with Gasteiger partial charge in [-0.05, 0) is 26.8 Å². The Morgan fingerprint density at radius 1 is 1.16 bits per heavy atom. The van der Waals surface area contributed by atoms with Gasteiger partial charge in [0.2, 0.25) is 10.0 Å². The van der Waals surface area contributed by atoms with Gasteiger partial charge in [0, 0.05) is 12.1 Å². The SMILES string of the molecule is CC(C)NCCCS(=O)(=O)N(CC(F)(F)F)C(C)C. The van der Waals surface area contributed by atoms with Gasteiger partial charge in [0.15, 0.2) is 0 Å². The minimum Gasteiger partial charge on any atom is -0.314 e. The van der Waals surface area contributed by atoms with Gasteiger partial charge in [0.1, 0.15) is 6.54 Å². The summed E-state index contributed by atoms with van der Waals surface area (Å²) in [5, 5.41) is 3.03. The van der Waals surface area contributed by atoms with Crippen molar-refractivity contribution in [2.24, 2.45) is 0 Å². The van der Waals surface area contributed by atoms with Gasteiger partial charge in [0.25, 0.3) is 0 Å². The van der Waals surface area contributed by atoms with Gasteiger partial charge in [-0.2, -0.15) is 17.5 Å². The van der Waals surface area contributed by atoms with Gasteiger partial charge < -0.3 is 5.32 Å². The number of alkyl halides is 3. The summed E-state index contributed by atoms with van der Waals surface area (Å²) < 4.78 is 61.4. The van der Waals surface area contributed by atoms with Gasteiger partial charge in [-0.3, -0.25) is 0 Å². The largest absolute Gasteiger partial charge is 0.402 e. The predicted molar refractivity (Wildman–Crippen MR) is 69.4 cm³/mol. The molecule has 8 heteroatoms. The van der Waals surface area contributed by atoms with Crippen LogP contribution in [0.3, 0.4) is 0 Å². The summed E-state index contributed by atoms with van der Waals surface area (Å²) in [6, 6.07) is -0.483. The Hall–Kier alpha value is -0.340. The molecule has 0 bridgehead atoms. The highest BCUT2D eigenvalue weighted by Crippen LogP contribution is 2.21. The standard InChI is InChI=1S/C11H23F3N2O2S/c1-9(2)15-6-5-7-19(17,18)16(10(3)4)8-11(12,13)14/h9-10,15H,5-8H2,1-4H3. The topological polar surface area (TPSA) is 49.4 Å². The van der Waals surface area contributed by atoms with Crippen LogP contribution in [-0.4, -0.2) is 49.8 Å². The van der Waals surface area contributed by atoms with Crippen molar-refractivity contribution in [3.63, 3.8) is 0 Å². The molecule has 0 rings (SSSR count). The Balaban J connectivity index is 4.55. The molecule has 0 aliphatic heterocycles. The number of hydrogen-bond acceptors (Lipinski definition) is 3. The fourth-order valence-corrected chi connectivity index (χ4v) is 3.27. The van der Waals surface area contributed by atoms with E-state index in [1.54, 1.807) is 0 Å². The van der Waals surface area contributed by atoms with Gasteiger partial charge in [0.05, 0.1) is 5.75 Å². The molecule has 0 aliphatic carbocycles. The maximum Gasteiger partial charge on any atom is 0.402 e. The van der Waals surface area contributed by atoms with E-state index in [4.69, 9.17) is 0 Å². The summed E-state index contributed by atoms with van der Waals surface area (Å²) in [5.41, 5.74) is 0. The van der Waals surface area contributed by atoms with Crippen molar-refractivity contribution in [2.75, 3.05) is 18.8 Å². The molecule has 0 aromatic carbocycles. The quantitative estimate of drug-likeness (QED) is 0.698. The van der Waals surface area contributed by atoms with Gasteiger partial charge in [-0.25, -0.2) is 8.42 Å². The van der Waals surface area contributed by atoms with E-state index in [-0.39, 0.29) is 11.8 Å². The van der Waals surface area contributed by atoms with Crippen molar-refractivity contribution >= 4 is 10.0 Å². The molecule has 0 aliphatic rings. The molecule has 0 amide bonds. The predicted octanol–water partition coefficient (Wildman–Crippen LogP) is 1.98. The normalized spacial score (nSPS) is 13.8. The van der Waals surface area contributed by atoms with Crippen molar-refractivity contribution in [3.8, 4) is 0 Å². The van der Waals surface area contributed by atoms with Crippen molar-refractivity contribution in [1.82, 2.24) is 9.62 Å². The van der Waals surface area contributed by atoms with Crippen LogP contribution in [0.5, 0.6) is 0 Å². The third-order valence-corrected chi connectivity index (χ3v) is 4.47. The smallest absolute Gasteiger partial charge is 0.314 e. The number of hydrogen-bond donors (Lipinski definition) is 1. The summed E-state index contributed by atoms with van der Waals surface area (Å²) >= 11 is 0. The third kappa shape index (κ3) is 8.43. The second kappa shape index (κ2) is 7.44. The van der Waals surface area contributed by atoms with Gasteiger partial charge in [-0.1, -0.05) is 13.8 Å². The molecule has 0 saturated heterocycles. The van der Waals surface area contributed by atoms with Crippen LogP contribution in [0.4, 0.5) is 13.2 Å². The van der Waals surface area contributed by atoms with Crippen LogP contribution in [0.15, 0.2) is 0 Å². The number of rotatable bonds is 8. The molecule has 0 heterocycles. The first-order valence-corrected chi connectivity index (χ1v) is 7.86. The molecule has 0 atom stereocenters. The molecular weight excluding hydrogens is 281 g/mol. The van der Waals surface area contributed by atoms with E-state index in [1.165, 1.54) is 13.8 Å². The molecule has 0 radical (unpaired) electrons. The average Bonchev–Trinajstić information content (AvgIpc) is 2.19. The second-order valence-electron chi connectivity index (χ2n) is 5.03. The van der Waals surface area contributed by atoms with Crippen LogP contribution in [0.25, 0.3) is 0 Å². The number of nitrogens with zero attached hydrogens (tertiary/aromatic N) is 1. The van der Waals surface area contributed by atoms with Gasteiger partial charge >= 0.3 is 6.18 Å². The summed E-state index contributed by atoms with van der Waals surface area (Å²) in [6.07, 6.45) is -4.23. The lowest BCUT2D eigenvalue weighted by atomic mass is 10.4. The van der Waals surface area contributed by atoms with Crippen LogP contribution >= 0.6 is 0 Å². The first kappa shape index (κ1) is 18.7. The number of sulfonamides is 1. The summed E-state index contributed by atoms with van der Waals surface area (Å²) in [6.45, 7) is 5.75. The molecule has 0 saturated carbocycles. The van der Waals surface area contributed by atoms with E-state index >= 15 is 0 Å². The van der Waals surface area contributed by atoms with E-state index in [0.29, 0.717) is 17.3 Å². The maximum atomic E-state index is 12.4. The van der Waals surface area contributed by atoms with Crippen molar-refractivity contribution in [3.05, 3.63) is 0 Å². The van der Waals surface area contributed by atoms with Crippen LogP contribution in [0.1, 0.15) is 34.1 Å². The Kier molecular flexibility index (Phi) is 7.31. The molecule has 0 aromatic heterocycles. The van der Waals surface area contributed by atoms with E-state index in [0.717, 1.165) is 0 Å². The van der Waals surface area contributed by atoms with E-state index < -0.39 is 28.8 Å². The van der Waals surface area contributed by atoms with Gasteiger partial charge in [-0.15, -0.1) is 0 Å². The molecule has 19 heavy (non-hydrogen) atoms. The zero-order valence-electron chi connectivity index (χ0n) is 11.8. The van der Waals surface area contributed by atoms with Crippen molar-refractivity contribution < 1.29 is 21.6 Å². The molecule has 0 aromatic rings. The van der Waals surface area contributed by atoms with E-state index in [9.17, 15) is 21.6 Å². The average molecular weight is 304 g/mol. The second-order valence-corrected chi connectivity index (χ2v) is 7.07. The van der Waals surface area contributed by atoms with Crippen LogP contribution in [0.2, 0.25) is 0 Å². The first-order valence-electron chi connectivity index (χ1n) is 6.25. The molecule has 1 N–H and O–H groups in total. The minimum atomic E-state index is -4.52. The molecule has 0 spiro atoms. The minimum absolute atomic E-state index is 0.221. The lowest BCUT2D eigenvalue weighted by Gasteiger charge is -2.26. The molecule has 0 fully saturated rings. The monoisotopic (exact) mass is 304 g/mol. The summed E-state index contributed by atoms with van der Waals surface area (Å²) in [7, 11) is -3.88. The Bertz CT molecular complexity index is 353. The highest BCUT2D eigenvalue weighted by Gasteiger charge is 2.37. The van der Waals surface area contributed by atoms with Crippen LogP contribution < -0.4 is 5.32 Å². The summed E-state index contributed by atoms with van der Waals surface area (Å²) in [5.74, 6) is -0.277. The van der Waals surface area contributed by atoms with Crippen molar-refractivity contribution in [1.29, 1.82) is 0 Å². The maximum absolute atomic E-state index is 12.4. The van der Waals surface area contributed by atoms with Crippen molar-refractivity contribution in [2.45, 2.75) is 52.4 Å². The van der Waals surface area contributed by atoms with E-state index in [1.807, 2.05) is 13.8 Å². The van der Waals surface area contributed by atoms with E-state index in [2.05, 4.69) is 5.32 Å². The third-order valence-electron chi connectivity index (χ3n) is 2.40. The lowest BCUT2D eigenvalue weighted by molar-refractivity contribution is -0.138. The summed E-state index contributed by atoms with van der Waals surface area (Å²) in [4.78, 5) is 0. The zero-order chi connectivity index (χ0) is 15.3. The zero-order valence-corrected chi connectivity index (χ0v) is 12.6. The Morgan fingerprint density at radius 2 is 1.68 bits per heavy atom.